The molecule has 2 aromatic carbocycles. The second kappa shape index (κ2) is 9.29. The number of halogens is 2. The van der Waals surface area contributed by atoms with Gasteiger partial charge in [-0.2, -0.15) is 0 Å². The van der Waals surface area contributed by atoms with Gasteiger partial charge in [-0.1, -0.05) is 18.5 Å². The summed E-state index contributed by atoms with van der Waals surface area (Å²) in [6.45, 7) is 3.57. The molecule has 0 radical (unpaired) electrons. The van der Waals surface area contributed by atoms with E-state index in [4.69, 9.17) is 11.6 Å². The van der Waals surface area contributed by atoms with Crippen molar-refractivity contribution in [2.45, 2.75) is 29.6 Å². The van der Waals surface area contributed by atoms with E-state index in [0.29, 0.717) is 39.8 Å². The Hall–Kier alpha value is -1.22. The lowest BCUT2D eigenvalue weighted by Gasteiger charge is -2.30. The summed E-state index contributed by atoms with van der Waals surface area (Å²) in [5.41, 5.74) is 0.772. The summed E-state index contributed by atoms with van der Waals surface area (Å²) in [5, 5.41) is 0.401. The number of likely N-dealkylation sites (tertiary alicyclic amines) is 1. The first-order valence-electron chi connectivity index (χ1n) is 9.16. The summed E-state index contributed by atoms with van der Waals surface area (Å²) >= 11 is 10.8. The topological polar surface area (TPSA) is 66.5 Å². The van der Waals surface area contributed by atoms with Crippen LogP contribution in [0.25, 0.3) is 0 Å². The lowest BCUT2D eigenvalue weighted by molar-refractivity contribution is 0.0693. The van der Waals surface area contributed by atoms with Crippen LogP contribution in [0, 0.1) is 5.92 Å². The van der Waals surface area contributed by atoms with E-state index in [1.54, 1.807) is 18.2 Å². The molecule has 1 saturated heterocycles. The number of thioether (sulfide) groups is 1. The Morgan fingerprint density at radius 2 is 1.90 bits per heavy atom. The zero-order chi connectivity index (χ0) is 21.2. The van der Waals surface area contributed by atoms with Crippen LogP contribution in [0.2, 0.25) is 5.02 Å². The third kappa shape index (κ3) is 5.29. The molecular weight excluding hydrogens is 496 g/mol. The number of nitrogens with one attached hydrogen (secondary N) is 1. The van der Waals surface area contributed by atoms with Gasteiger partial charge in [0.1, 0.15) is 0 Å². The SMILES string of the molecule is CSc1ccc(S(=O)(=O)Nc2ccc(Br)c(Cl)c2)cc1C(=O)N1CCC(C)CC1. The third-order valence-corrected chi connectivity index (χ3v) is 8.36. The molecule has 9 heteroatoms. The van der Waals surface area contributed by atoms with Crippen molar-refractivity contribution >= 4 is 60.9 Å². The summed E-state index contributed by atoms with van der Waals surface area (Å²) in [7, 11) is -3.87. The van der Waals surface area contributed by atoms with Crippen LogP contribution >= 0.6 is 39.3 Å². The van der Waals surface area contributed by atoms with Crippen molar-refractivity contribution in [1.82, 2.24) is 4.90 Å². The monoisotopic (exact) mass is 516 g/mol. The minimum absolute atomic E-state index is 0.0445. The molecule has 1 heterocycles. The average Bonchev–Trinajstić information content (AvgIpc) is 2.70. The molecule has 29 heavy (non-hydrogen) atoms. The fraction of sp³-hybridized carbons (Fsp3) is 0.350. The van der Waals surface area contributed by atoms with E-state index in [1.165, 1.54) is 30.0 Å². The Balaban J connectivity index is 1.90. The molecule has 3 rings (SSSR count). The van der Waals surface area contributed by atoms with Gasteiger partial charge < -0.3 is 4.90 Å². The molecular formula is C20H22BrClN2O3S2. The molecule has 0 spiro atoms. The molecule has 0 aliphatic carbocycles. The second-order valence-corrected chi connectivity index (χ2v) is 10.9. The Bertz CT molecular complexity index is 1020. The second-order valence-electron chi connectivity index (χ2n) is 7.07. The number of rotatable bonds is 5. The van der Waals surface area contributed by atoms with Gasteiger partial charge in [-0.3, -0.25) is 9.52 Å². The van der Waals surface area contributed by atoms with Crippen molar-refractivity contribution in [3.8, 4) is 0 Å². The van der Waals surface area contributed by atoms with Gasteiger partial charge in [0.2, 0.25) is 0 Å². The van der Waals surface area contributed by atoms with E-state index in [1.807, 2.05) is 11.2 Å². The molecule has 1 fully saturated rings. The molecule has 0 unspecified atom stereocenters. The maximum atomic E-state index is 13.1. The number of sulfonamides is 1. The number of anilines is 1. The predicted molar refractivity (Wildman–Crippen MR) is 122 cm³/mol. The van der Waals surface area contributed by atoms with Crippen molar-refractivity contribution in [1.29, 1.82) is 0 Å². The van der Waals surface area contributed by atoms with E-state index < -0.39 is 10.0 Å². The normalized spacial score (nSPS) is 15.4. The van der Waals surface area contributed by atoms with Crippen molar-refractivity contribution in [3.05, 3.63) is 51.5 Å². The Morgan fingerprint density at radius 1 is 1.21 bits per heavy atom. The average molecular weight is 518 g/mol. The number of hydrogen-bond acceptors (Lipinski definition) is 4. The number of nitrogens with zero attached hydrogens (tertiary/aromatic N) is 1. The largest absolute Gasteiger partial charge is 0.339 e. The molecule has 1 amide bonds. The highest BCUT2D eigenvalue weighted by molar-refractivity contribution is 9.10. The smallest absolute Gasteiger partial charge is 0.261 e. The Kier molecular flexibility index (Phi) is 7.19. The van der Waals surface area contributed by atoms with E-state index in [0.717, 1.165) is 17.7 Å². The van der Waals surface area contributed by atoms with Crippen LogP contribution in [0.15, 0.2) is 50.7 Å². The Morgan fingerprint density at radius 3 is 2.52 bits per heavy atom. The molecule has 0 aromatic heterocycles. The van der Waals surface area contributed by atoms with Crippen LogP contribution in [0.1, 0.15) is 30.1 Å². The zero-order valence-electron chi connectivity index (χ0n) is 16.1. The molecule has 1 N–H and O–H groups in total. The van der Waals surface area contributed by atoms with E-state index >= 15 is 0 Å². The maximum Gasteiger partial charge on any atom is 0.261 e. The minimum Gasteiger partial charge on any atom is -0.339 e. The van der Waals surface area contributed by atoms with Crippen molar-refractivity contribution in [2.24, 2.45) is 5.92 Å². The first-order valence-corrected chi connectivity index (χ1v) is 13.0. The van der Waals surface area contributed by atoms with Crippen LogP contribution < -0.4 is 4.72 Å². The van der Waals surface area contributed by atoms with Gasteiger partial charge in [-0.05, 0) is 77.3 Å². The van der Waals surface area contributed by atoms with E-state index in [2.05, 4.69) is 27.6 Å². The summed E-state index contributed by atoms with van der Waals surface area (Å²) in [5.74, 6) is 0.484. The summed E-state index contributed by atoms with van der Waals surface area (Å²) in [4.78, 5) is 15.7. The molecule has 2 aromatic rings. The zero-order valence-corrected chi connectivity index (χ0v) is 20.1. The lowest BCUT2D eigenvalue weighted by Crippen LogP contribution is -2.38. The molecule has 0 atom stereocenters. The van der Waals surface area contributed by atoms with Gasteiger partial charge in [0.15, 0.2) is 0 Å². The van der Waals surface area contributed by atoms with Crippen molar-refractivity contribution < 1.29 is 13.2 Å². The number of carbonyl (C=O) groups excluding carboxylic acids is 1. The van der Waals surface area contributed by atoms with Crippen LogP contribution in [0.4, 0.5) is 5.69 Å². The van der Waals surface area contributed by atoms with Gasteiger partial charge in [0.25, 0.3) is 15.9 Å². The fourth-order valence-electron chi connectivity index (χ4n) is 3.18. The first-order chi connectivity index (χ1) is 13.7. The molecule has 0 bridgehead atoms. The van der Waals surface area contributed by atoms with E-state index in [9.17, 15) is 13.2 Å². The maximum absolute atomic E-state index is 13.1. The lowest BCUT2D eigenvalue weighted by atomic mass is 9.98. The van der Waals surface area contributed by atoms with Crippen LogP contribution in [0.3, 0.4) is 0 Å². The van der Waals surface area contributed by atoms with Gasteiger partial charge in [-0.15, -0.1) is 11.8 Å². The number of piperidine rings is 1. The van der Waals surface area contributed by atoms with Crippen molar-refractivity contribution in [3.63, 3.8) is 0 Å². The fourth-order valence-corrected chi connectivity index (χ4v) is 5.25. The van der Waals surface area contributed by atoms with Gasteiger partial charge in [0, 0.05) is 22.5 Å². The summed E-state index contributed by atoms with van der Waals surface area (Å²) in [6, 6.07) is 9.49. The highest BCUT2D eigenvalue weighted by Gasteiger charge is 2.25. The molecule has 1 aliphatic rings. The van der Waals surface area contributed by atoms with Gasteiger partial charge in [0.05, 0.1) is 21.2 Å². The number of hydrogen-bond donors (Lipinski definition) is 1. The van der Waals surface area contributed by atoms with E-state index in [-0.39, 0.29) is 10.8 Å². The number of carbonyl (C=O) groups is 1. The predicted octanol–water partition coefficient (Wildman–Crippen LogP) is 5.50. The number of amides is 1. The van der Waals surface area contributed by atoms with Gasteiger partial charge in [-0.25, -0.2) is 8.42 Å². The highest BCUT2D eigenvalue weighted by atomic mass is 79.9. The van der Waals surface area contributed by atoms with Crippen LogP contribution in [-0.4, -0.2) is 38.6 Å². The van der Waals surface area contributed by atoms with Crippen LogP contribution in [-0.2, 0) is 10.0 Å². The molecule has 0 saturated carbocycles. The van der Waals surface area contributed by atoms with Crippen LogP contribution in [0.5, 0.6) is 0 Å². The highest BCUT2D eigenvalue weighted by Crippen LogP contribution is 2.29. The molecule has 156 valence electrons. The quantitative estimate of drug-likeness (QED) is 0.532. The third-order valence-electron chi connectivity index (χ3n) is 4.95. The molecule has 1 aliphatic heterocycles. The Labute approximate surface area is 189 Å². The standard InChI is InChI=1S/C20H22BrClN2O3S2/c1-13-7-9-24(10-8-13)20(25)16-12-15(4-6-19(16)28-2)29(26,27)23-14-3-5-17(21)18(22)11-14/h3-6,11-13,23H,7-10H2,1-2H3. The number of benzene rings is 2. The van der Waals surface area contributed by atoms with Gasteiger partial charge >= 0.3 is 0 Å². The first kappa shape index (κ1) is 22.5. The summed E-state index contributed by atoms with van der Waals surface area (Å²) < 4.78 is 29.0. The molecule has 5 nitrogen and oxygen atoms in total. The summed E-state index contributed by atoms with van der Waals surface area (Å²) in [6.07, 6.45) is 3.80. The minimum atomic E-state index is -3.87. The van der Waals surface area contributed by atoms with Crippen molar-refractivity contribution in [2.75, 3.05) is 24.1 Å².